The predicted octanol–water partition coefficient (Wildman–Crippen LogP) is 1.09. The molecule has 0 aliphatic carbocycles. The van der Waals surface area contributed by atoms with Gasteiger partial charge in [0.15, 0.2) is 0 Å². The average molecular weight is 211 g/mol. The molecule has 3 N–H and O–H groups in total. The number of aromatic hydroxyl groups is 1. The molecule has 0 unspecified atom stereocenters. The number of aromatic nitrogens is 2. The van der Waals surface area contributed by atoms with Gasteiger partial charge in [-0.2, -0.15) is 4.98 Å². The van der Waals surface area contributed by atoms with Crippen LogP contribution in [0.4, 0.5) is 5.95 Å². The summed E-state index contributed by atoms with van der Waals surface area (Å²) in [5, 5.41) is 20.7. The normalized spacial score (nSPS) is 9.93. The molecule has 0 spiro atoms. The first-order valence-electron chi connectivity index (χ1n) is 4.68. The molecule has 0 aromatic carbocycles. The monoisotopic (exact) mass is 211 g/mol. The third-order valence-electron chi connectivity index (χ3n) is 1.81. The van der Waals surface area contributed by atoms with Crippen LogP contribution >= 0.6 is 0 Å². The molecule has 0 saturated heterocycles. The van der Waals surface area contributed by atoms with Crippen LogP contribution in [0.3, 0.4) is 0 Å². The molecule has 15 heavy (non-hydrogen) atoms. The van der Waals surface area contributed by atoms with Crippen LogP contribution in [-0.4, -0.2) is 32.7 Å². The largest absolute Gasteiger partial charge is 0.493 e. The molecule has 0 bridgehead atoms. The van der Waals surface area contributed by atoms with Crippen molar-refractivity contribution >= 4 is 11.9 Å². The number of carbonyl (C=O) groups is 1. The summed E-state index contributed by atoms with van der Waals surface area (Å²) >= 11 is 0. The van der Waals surface area contributed by atoms with Crippen LogP contribution in [0, 0.1) is 0 Å². The second-order valence-electron chi connectivity index (χ2n) is 3.02. The van der Waals surface area contributed by atoms with E-state index in [1.807, 2.05) is 6.92 Å². The lowest BCUT2D eigenvalue weighted by Crippen LogP contribution is -2.07. The standard InChI is InChI=1S/C9H13N3O3/c1-2-3-4-10-9-11-5-6(8(14)15)7(13)12-9/h5H,2-4H2,1H3,(H,14,15)(H2,10,11,12,13). The maximum atomic E-state index is 10.5. The number of aromatic carboxylic acids is 1. The SMILES string of the molecule is CCCCNc1ncc(C(=O)O)c(O)n1. The van der Waals surface area contributed by atoms with Crippen molar-refractivity contribution in [2.24, 2.45) is 0 Å². The number of unbranched alkanes of at least 4 members (excludes halogenated alkanes) is 1. The van der Waals surface area contributed by atoms with E-state index in [9.17, 15) is 9.90 Å². The maximum Gasteiger partial charge on any atom is 0.342 e. The Balaban J connectivity index is 2.69. The Kier molecular flexibility index (Phi) is 3.84. The van der Waals surface area contributed by atoms with Crippen molar-refractivity contribution in [1.82, 2.24) is 9.97 Å². The van der Waals surface area contributed by atoms with E-state index in [1.165, 1.54) is 0 Å². The lowest BCUT2D eigenvalue weighted by atomic mass is 10.3. The Morgan fingerprint density at radius 1 is 1.60 bits per heavy atom. The molecule has 6 nitrogen and oxygen atoms in total. The topological polar surface area (TPSA) is 95.3 Å². The fraction of sp³-hybridized carbons (Fsp3) is 0.444. The molecule has 0 aliphatic heterocycles. The average Bonchev–Trinajstić information content (AvgIpc) is 2.17. The minimum atomic E-state index is -1.24. The van der Waals surface area contributed by atoms with Crippen LogP contribution in [0.15, 0.2) is 6.20 Å². The zero-order valence-corrected chi connectivity index (χ0v) is 8.40. The van der Waals surface area contributed by atoms with E-state index in [1.54, 1.807) is 0 Å². The van der Waals surface area contributed by atoms with Crippen LogP contribution in [0.2, 0.25) is 0 Å². The zero-order chi connectivity index (χ0) is 11.3. The molecular formula is C9H13N3O3. The predicted molar refractivity (Wildman–Crippen MR) is 54.1 cm³/mol. The maximum absolute atomic E-state index is 10.5. The fourth-order valence-electron chi connectivity index (χ4n) is 0.986. The molecule has 1 aromatic heterocycles. The van der Waals surface area contributed by atoms with Crippen LogP contribution in [0.25, 0.3) is 0 Å². The lowest BCUT2D eigenvalue weighted by Gasteiger charge is -2.04. The Bertz CT molecular complexity index is 354. The van der Waals surface area contributed by atoms with Gasteiger partial charge in [-0.3, -0.25) is 0 Å². The molecule has 6 heteroatoms. The second kappa shape index (κ2) is 5.14. The number of nitrogens with zero attached hydrogens (tertiary/aromatic N) is 2. The van der Waals surface area contributed by atoms with E-state index >= 15 is 0 Å². The summed E-state index contributed by atoms with van der Waals surface area (Å²) in [4.78, 5) is 17.9. The molecular weight excluding hydrogens is 198 g/mol. The number of carboxylic acid groups (broad SMARTS) is 1. The van der Waals surface area contributed by atoms with Gasteiger partial charge in [-0.25, -0.2) is 9.78 Å². The van der Waals surface area contributed by atoms with Crippen molar-refractivity contribution in [2.75, 3.05) is 11.9 Å². The number of carboxylic acids is 1. The highest BCUT2D eigenvalue weighted by Gasteiger charge is 2.11. The molecule has 1 rings (SSSR count). The smallest absolute Gasteiger partial charge is 0.342 e. The Morgan fingerprint density at radius 2 is 2.33 bits per heavy atom. The number of hydrogen-bond acceptors (Lipinski definition) is 5. The first kappa shape index (κ1) is 11.2. The van der Waals surface area contributed by atoms with Crippen LogP contribution in [-0.2, 0) is 0 Å². The summed E-state index contributed by atoms with van der Waals surface area (Å²) in [5.41, 5.74) is -0.295. The Morgan fingerprint density at radius 3 is 2.87 bits per heavy atom. The Hall–Kier alpha value is -1.85. The van der Waals surface area contributed by atoms with E-state index in [2.05, 4.69) is 15.3 Å². The van der Waals surface area contributed by atoms with Gasteiger partial charge in [-0.05, 0) is 6.42 Å². The highest BCUT2D eigenvalue weighted by atomic mass is 16.4. The minimum Gasteiger partial charge on any atom is -0.493 e. The Labute approximate surface area is 87.0 Å². The van der Waals surface area contributed by atoms with E-state index in [0.29, 0.717) is 6.54 Å². The van der Waals surface area contributed by atoms with E-state index < -0.39 is 11.8 Å². The van der Waals surface area contributed by atoms with Crippen molar-refractivity contribution in [3.63, 3.8) is 0 Å². The summed E-state index contributed by atoms with van der Waals surface area (Å²) in [5.74, 6) is -1.52. The van der Waals surface area contributed by atoms with Gasteiger partial charge < -0.3 is 15.5 Å². The van der Waals surface area contributed by atoms with Gasteiger partial charge in [0.05, 0.1) is 6.20 Å². The minimum absolute atomic E-state index is 0.242. The van der Waals surface area contributed by atoms with E-state index in [-0.39, 0.29) is 11.5 Å². The number of nitrogens with one attached hydrogen (secondary N) is 1. The van der Waals surface area contributed by atoms with E-state index in [4.69, 9.17) is 5.11 Å². The summed E-state index contributed by atoms with van der Waals surface area (Å²) in [6, 6.07) is 0. The summed E-state index contributed by atoms with van der Waals surface area (Å²) in [6.07, 6.45) is 3.08. The summed E-state index contributed by atoms with van der Waals surface area (Å²) in [7, 11) is 0. The molecule has 0 atom stereocenters. The van der Waals surface area contributed by atoms with Gasteiger partial charge in [-0.1, -0.05) is 13.3 Å². The quantitative estimate of drug-likeness (QED) is 0.631. The zero-order valence-electron chi connectivity index (χ0n) is 8.40. The van der Waals surface area contributed by atoms with Gasteiger partial charge in [0.25, 0.3) is 0 Å². The first-order valence-corrected chi connectivity index (χ1v) is 4.68. The molecule has 1 heterocycles. The van der Waals surface area contributed by atoms with Gasteiger partial charge in [0.2, 0.25) is 11.8 Å². The molecule has 82 valence electrons. The molecule has 0 aliphatic rings. The number of hydrogen-bond donors (Lipinski definition) is 3. The molecule has 0 radical (unpaired) electrons. The highest BCUT2D eigenvalue weighted by molar-refractivity contribution is 5.89. The molecule has 0 amide bonds. The summed E-state index contributed by atoms with van der Waals surface area (Å²) in [6.45, 7) is 2.75. The molecule has 0 saturated carbocycles. The number of rotatable bonds is 5. The van der Waals surface area contributed by atoms with Crippen molar-refractivity contribution in [1.29, 1.82) is 0 Å². The van der Waals surface area contributed by atoms with E-state index in [0.717, 1.165) is 19.0 Å². The second-order valence-corrected chi connectivity index (χ2v) is 3.02. The van der Waals surface area contributed by atoms with Crippen molar-refractivity contribution in [3.8, 4) is 5.88 Å². The lowest BCUT2D eigenvalue weighted by molar-refractivity contribution is 0.0692. The summed E-state index contributed by atoms with van der Waals surface area (Å²) < 4.78 is 0. The van der Waals surface area contributed by atoms with Gasteiger partial charge in [0.1, 0.15) is 5.56 Å². The van der Waals surface area contributed by atoms with Crippen LogP contribution in [0.5, 0.6) is 5.88 Å². The van der Waals surface area contributed by atoms with Crippen molar-refractivity contribution in [2.45, 2.75) is 19.8 Å². The van der Waals surface area contributed by atoms with Crippen LogP contribution in [0.1, 0.15) is 30.1 Å². The molecule has 0 fully saturated rings. The number of anilines is 1. The third kappa shape index (κ3) is 3.08. The van der Waals surface area contributed by atoms with Crippen LogP contribution < -0.4 is 5.32 Å². The first-order chi connectivity index (χ1) is 7.15. The van der Waals surface area contributed by atoms with Gasteiger partial charge in [0, 0.05) is 6.54 Å². The van der Waals surface area contributed by atoms with Crippen molar-refractivity contribution in [3.05, 3.63) is 11.8 Å². The van der Waals surface area contributed by atoms with Gasteiger partial charge >= 0.3 is 5.97 Å². The van der Waals surface area contributed by atoms with Crippen molar-refractivity contribution < 1.29 is 15.0 Å². The highest BCUT2D eigenvalue weighted by Crippen LogP contribution is 2.14. The fourth-order valence-corrected chi connectivity index (χ4v) is 0.986. The third-order valence-corrected chi connectivity index (χ3v) is 1.81. The molecule has 1 aromatic rings. The van der Waals surface area contributed by atoms with Gasteiger partial charge in [-0.15, -0.1) is 0 Å².